The Bertz CT molecular complexity index is 1500. The molecule has 4 rings (SSSR count). The van der Waals surface area contributed by atoms with Crippen LogP contribution >= 0.6 is 0 Å². The van der Waals surface area contributed by atoms with Crippen molar-refractivity contribution in [1.82, 2.24) is 14.9 Å². The molecule has 196 valence electrons. The molecule has 0 saturated carbocycles. The van der Waals surface area contributed by atoms with Crippen LogP contribution in [-0.2, 0) is 5.60 Å². The maximum atomic E-state index is 16.0. The van der Waals surface area contributed by atoms with Crippen LogP contribution in [0.4, 0.5) is 4.39 Å². The number of nitrogens with zero attached hydrogens (tertiary/aromatic N) is 4. The third kappa shape index (κ3) is 5.17. The average molecular weight is 515 g/mol. The summed E-state index contributed by atoms with van der Waals surface area (Å²) in [5.74, 6) is -1.21. The molecule has 4 aromatic rings. The Morgan fingerprint density at radius 2 is 1.87 bits per heavy atom. The number of aryl methyl sites for hydroxylation is 1. The van der Waals surface area contributed by atoms with Crippen molar-refractivity contribution in [1.29, 1.82) is 5.26 Å². The zero-order valence-electron chi connectivity index (χ0n) is 22.2. The number of aromatic nitrogens is 2. The molecule has 0 unspecified atom stereocenters. The van der Waals surface area contributed by atoms with Gasteiger partial charge in [-0.1, -0.05) is 12.1 Å². The van der Waals surface area contributed by atoms with Crippen molar-refractivity contribution in [2.45, 2.75) is 24.9 Å². The second kappa shape index (κ2) is 11.1. The monoisotopic (exact) mass is 514 g/mol. The highest BCUT2D eigenvalue weighted by Crippen LogP contribution is 2.49. The van der Waals surface area contributed by atoms with Crippen molar-refractivity contribution in [3.63, 3.8) is 0 Å². The lowest BCUT2D eigenvalue weighted by Crippen LogP contribution is -2.38. The predicted molar refractivity (Wildman–Crippen MR) is 144 cm³/mol. The first-order valence-electron chi connectivity index (χ1n) is 12.2. The molecule has 8 heteroatoms. The minimum Gasteiger partial charge on any atom is -0.494 e. The molecule has 2 atom stereocenters. The van der Waals surface area contributed by atoms with E-state index in [2.05, 4.69) is 16.0 Å². The smallest absolute Gasteiger partial charge is 0.217 e. The summed E-state index contributed by atoms with van der Waals surface area (Å²) < 4.78 is 27.1. The number of pyridine rings is 2. The van der Waals surface area contributed by atoms with Gasteiger partial charge in [-0.2, -0.15) is 5.26 Å². The first-order valence-corrected chi connectivity index (χ1v) is 12.2. The van der Waals surface area contributed by atoms with Crippen molar-refractivity contribution in [3.05, 3.63) is 94.6 Å². The fraction of sp³-hybridized carbons (Fsp3) is 0.300. The normalized spacial score (nSPS) is 13.7. The lowest BCUT2D eigenvalue weighted by molar-refractivity contribution is 0.00268. The minimum atomic E-state index is -1.60. The number of aliphatic hydroxyl groups is 1. The molecule has 1 N–H and O–H groups in total. The number of benzene rings is 2. The third-order valence-electron chi connectivity index (χ3n) is 6.78. The van der Waals surface area contributed by atoms with Crippen LogP contribution in [0.1, 0.15) is 40.3 Å². The summed E-state index contributed by atoms with van der Waals surface area (Å²) in [5, 5.41) is 22.8. The SMILES string of the molecule is COc1cccc([C@H](c2cc3cc(C#N)ccc3nc2OC)[C@@](O)(CCN(C)C)c2ccnc(C)c2)c1F. The number of fused-ring (bicyclic) bond motifs is 1. The Labute approximate surface area is 222 Å². The zero-order chi connectivity index (χ0) is 27.4. The Morgan fingerprint density at radius 3 is 2.53 bits per heavy atom. The highest BCUT2D eigenvalue weighted by molar-refractivity contribution is 5.82. The van der Waals surface area contributed by atoms with E-state index in [1.54, 1.807) is 48.7 Å². The van der Waals surface area contributed by atoms with E-state index < -0.39 is 17.3 Å². The van der Waals surface area contributed by atoms with Crippen LogP contribution in [0.25, 0.3) is 10.9 Å². The van der Waals surface area contributed by atoms with E-state index in [9.17, 15) is 10.4 Å². The Balaban J connectivity index is 2.10. The van der Waals surface area contributed by atoms with Gasteiger partial charge >= 0.3 is 0 Å². The van der Waals surface area contributed by atoms with Crippen LogP contribution in [0, 0.1) is 24.1 Å². The van der Waals surface area contributed by atoms with Crippen LogP contribution in [0.5, 0.6) is 11.6 Å². The number of hydrogen-bond acceptors (Lipinski definition) is 7. The summed E-state index contributed by atoms with van der Waals surface area (Å²) in [7, 11) is 6.74. The second-order valence-electron chi connectivity index (χ2n) is 9.57. The topological polar surface area (TPSA) is 91.5 Å². The molecule has 0 aliphatic heterocycles. The molecule has 38 heavy (non-hydrogen) atoms. The largest absolute Gasteiger partial charge is 0.494 e. The highest BCUT2D eigenvalue weighted by atomic mass is 19.1. The molecule has 2 aromatic carbocycles. The minimum absolute atomic E-state index is 0.0628. The molecule has 0 radical (unpaired) electrons. The summed E-state index contributed by atoms with van der Waals surface area (Å²) >= 11 is 0. The van der Waals surface area contributed by atoms with Gasteiger partial charge in [-0.15, -0.1) is 0 Å². The maximum absolute atomic E-state index is 16.0. The van der Waals surface area contributed by atoms with Crippen molar-refractivity contribution in [2.24, 2.45) is 0 Å². The molecule has 0 aliphatic rings. The van der Waals surface area contributed by atoms with Gasteiger partial charge in [-0.3, -0.25) is 4.98 Å². The molecule has 0 saturated heterocycles. The first-order chi connectivity index (χ1) is 18.2. The van der Waals surface area contributed by atoms with Gasteiger partial charge in [0.2, 0.25) is 5.88 Å². The van der Waals surface area contributed by atoms with E-state index in [0.29, 0.717) is 34.1 Å². The summed E-state index contributed by atoms with van der Waals surface area (Å²) in [6, 6.07) is 17.6. The Kier molecular flexibility index (Phi) is 7.91. The first kappa shape index (κ1) is 27.0. The molecule has 0 fully saturated rings. The summed E-state index contributed by atoms with van der Waals surface area (Å²) in [5.41, 5.74) is 1.51. The van der Waals surface area contributed by atoms with E-state index in [0.717, 1.165) is 5.69 Å². The highest BCUT2D eigenvalue weighted by Gasteiger charge is 2.44. The predicted octanol–water partition coefficient (Wildman–Crippen LogP) is 4.94. The molecule has 2 aromatic heterocycles. The van der Waals surface area contributed by atoms with Crippen LogP contribution in [-0.4, -0.2) is 54.8 Å². The lowest BCUT2D eigenvalue weighted by Gasteiger charge is -2.39. The molecule has 2 heterocycles. The Morgan fingerprint density at radius 1 is 1.08 bits per heavy atom. The van der Waals surface area contributed by atoms with Gasteiger partial charge in [0.05, 0.1) is 37.3 Å². The van der Waals surface area contributed by atoms with E-state index in [1.165, 1.54) is 14.2 Å². The fourth-order valence-electron chi connectivity index (χ4n) is 4.87. The summed E-state index contributed by atoms with van der Waals surface area (Å²) in [4.78, 5) is 11.0. The molecule has 0 aliphatic carbocycles. The molecule has 0 spiro atoms. The molecule has 0 amide bonds. The number of rotatable bonds is 9. The fourth-order valence-corrected chi connectivity index (χ4v) is 4.87. The summed E-state index contributed by atoms with van der Waals surface area (Å²) in [6.45, 7) is 2.36. The van der Waals surface area contributed by atoms with Gasteiger partial charge in [-0.05, 0) is 75.5 Å². The van der Waals surface area contributed by atoms with Gasteiger partial charge in [-0.25, -0.2) is 9.37 Å². The van der Waals surface area contributed by atoms with Crippen molar-refractivity contribution in [3.8, 4) is 17.7 Å². The van der Waals surface area contributed by atoms with Crippen molar-refractivity contribution < 1.29 is 19.0 Å². The molecule has 0 bridgehead atoms. The van der Waals surface area contributed by atoms with Crippen LogP contribution in [0.3, 0.4) is 0 Å². The van der Waals surface area contributed by atoms with Gasteiger partial charge in [0.15, 0.2) is 11.6 Å². The quantitative estimate of drug-likeness (QED) is 0.338. The maximum Gasteiger partial charge on any atom is 0.217 e. The molecule has 7 nitrogen and oxygen atoms in total. The number of hydrogen-bond donors (Lipinski definition) is 1. The van der Waals surface area contributed by atoms with Gasteiger partial charge in [0.25, 0.3) is 0 Å². The lowest BCUT2D eigenvalue weighted by atomic mass is 9.71. The number of halogens is 1. The van der Waals surface area contributed by atoms with Crippen molar-refractivity contribution in [2.75, 3.05) is 34.9 Å². The number of ether oxygens (including phenoxy) is 2. The average Bonchev–Trinajstić information content (AvgIpc) is 2.92. The third-order valence-corrected chi connectivity index (χ3v) is 6.78. The summed E-state index contributed by atoms with van der Waals surface area (Å²) in [6.07, 6.45) is 1.91. The molecular formula is C30H31FN4O3. The number of nitriles is 1. The van der Waals surface area contributed by atoms with Crippen LogP contribution < -0.4 is 9.47 Å². The van der Waals surface area contributed by atoms with Crippen molar-refractivity contribution >= 4 is 10.9 Å². The van der Waals surface area contributed by atoms with E-state index in [4.69, 9.17) is 9.47 Å². The van der Waals surface area contributed by atoms with Gasteiger partial charge < -0.3 is 19.5 Å². The molecular weight excluding hydrogens is 483 g/mol. The van der Waals surface area contributed by atoms with E-state index >= 15 is 4.39 Å². The zero-order valence-corrected chi connectivity index (χ0v) is 22.2. The van der Waals surface area contributed by atoms with Crippen LogP contribution in [0.2, 0.25) is 0 Å². The standard InChI is InChI=1S/C30H31FN4O3/c1-19-15-22(11-13-33-19)30(36,12-14-35(2)3)27(23-7-6-8-26(37-4)28(23)31)24-17-21-16-20(18-32)9-10-25(21)34-29(24)38-5/h6-11,13,15-17,27,36H,12,14H2,1-5H3/t27-,30-/m1/s1. The number of methoxy groups -OCH3 is 2. The van der Waals surface area contributed by atoms with E-state index in [1.807, 2.05) is 38.1 Å². The van der Waals surface area contributed by atoms with Crippen LogP contribution in [0.15, 0.2) is 60.8 Å². The van der Waals surface area contributed by atoms with Gasteiger partial charge in [0.1, 0.15) is 5.60 Å². The van der Waals surface area contributed by atoms with Gasteiger partial charge in [0, 0.05) is 34.9 Å². The Hall–Kier alpha value is -4.06. The second-order valence-corrected chi connectivity index (χ2v) is 9.57. The van der Waals surface area contributed by atoms with E-state index in [-0.39, 0.29) is 23.6 Å².